The Bertz CT molecular complexity index is 1500. The van der Waals surface area contributed by atoms with Gasteiger partial charge in [-0.1, -0.05) is 24.3 Å². The molecule has 0 spiro atoms. The lowest BCUT2D eigenvalue weighted by Gasteiger charge is -2.48. The largest absolute Gasteiger partial charge is 0.349 e. The summed E-state index contributed by atoms with van der Waals surface area (Å²) in [5, 5.41) is 9.39. The molecular formula is C28H26F2N6O. The van der Waals surface area contributed by atoms with Crippen molar-refractivity contribution in [1.29, 1.82) is 5.26 Å². The lowest BCUT2D eigenvalue weighted by molar-refractivity contribution is 0.129. The number of benzene rings is 2. The van der Waals surface area contributed by atoms with E-state index < -0.39 is 5.69 Å². The monoisotopic (exact) mass is 500 g/mol. The second kappa shape index (κ2) is 9.71. The third kappa shape index (κ3) is 4.56. The highest BCUT2D eigenvalue weighted by Gasteiger charge is 2.36. The van der Waals surface area contributed by atoms with E-state index in [1.54, 1.807) is 43.4 Å². The maximum Gasteiger partial charge on any atom is 0.349 e. The average molecular weight is 501 g/mol. The molecule has 0 unspecified atom stereocenters. The van der Waals surface area contributed by atoms with Crippen LogP contribution in [0.4, 0.5) is 14.6 Å². The maximum absolute atomic E-state index is 13.7. The van der Waals surface area contributed by atoms with Gasteiger partial charge in [-0.05, 0) is 61.4 Å². The van der Waals surface area contributed by atoms with E-state index in [9.17, 15) is 18.8 Å². The van der Waals surface area contributed by atoms with Crippen LogP contribution in [0.5, 0.6) is 0 Å². The van der Waals surface area contributed by atoms with E-state index in [0.717, 1.165) is 11.1 Å². The fraction of sp³-hybridized carbons (Fsp3) is 0.286. The van der Waals surface area contributed by atoms with E-state index in [1.165, 1.54) is 28.8 Å². The first kappa shape index (κ1) is 24.5. The minimum atomic E-state index is -0.396. The van der Waals surface area contributed by atoms with Crippen molar-refractivity contribution in [3.8, 4) is 6.07 Å². The molecule has 0 aliphatic carbocycles. The number of nitriles is 1. The molecule has 1 saturated heterocycles. The highest BCUT2D eigenvalue weighted by Crippen LogP contribution is 2.35. The normalized spacial score (nSPS) is 18.4. The molecule has 3 heterocycles. The van der Waals surface area contributed by atoms with E-state index in [0.29, 0.717) is 29.9 Å². The first-order chi connectivity index (χ1) is 17.8. The molecule has 188 valence electrons. The van der Waals surface area contributed by atoms with Crippen LogP contribution < -0.4 is 10.6 Å². The van der Waals surface area contributed by atoms with Crippen molar-refractivity contribution in [1.82, 2.24) is 19.4 Å². The summed E-state index contributed by atoms with van der Waals surface area (Å²) >= 11 is 0. The van der Waals surface area contributed by atoms with Crippen LogP contribution in [0.15, 0.2) is 65.5 Å². The fourth-order valence-corrected chi connectivity index (χ4v) is 5.14. The van der Waals surface area contributed by atoms with Gasteiger partial charge in [0.2, 0.25) is 0 Å². The molecule has 2 aromatic heterocycles. The van der Waals surface area contributed by atoms with Crippen molar-refractivity contribution in [3.05, 3.63) is 99.6 Å². The van der Waals surface area contributed by atoms with Crippen LogP contribution in [-0.4, -0.2) is 44.6 Å². The molecule has 0 bridgehead atoms. The standard InChI is InChI=1S/C28H26F2N6O/c1-17-16-36(27-25-24(34(3)28(37)33-27)13-12-23(14-31)32-25)18(2)15-35(17)26(19-4-8-21(29)9-5-19)20-6-10-22(30)11-7-20/h4-13,17-18,26H,15-16H2,1-3H3/t17-,18+/m1/s1. The van der Waals surface area contributed by atoms with Crippen molar-refractivity contribution >= 4 is 16.9 Å². The zero-order valence-corrected chi connectivity index (χ0v) is 20.8. The van der Waals surface area contributed by atoms with E-state index in [1.807, 2.05) is 6.92 Å². The zero-order valence-electron chi connectivity index (χ0n) is 20.8. The van der Waals surface area contributed by atoms with Crippen LogP contribution in [0.2, 0.25) is 0 Å². The molecule has 0 amide bonds. The number of aryl methyl sites for hydroxylation is 1. The molecule has 2 aromatic carbocycles. The smallest absolute Gasteiger partial charge is 0.349 e. The van der Waals surface area contributed by atoms with E-state index >= 15 is 0 Å². The van der Waals surface area contributed by atoms with Gasteiger partial charge < -0.3 is 4.90 Å². The molecule has 0 radical (unpaired) electrons. The summed E-state index contributed by atoms with van der Waals surface area (Å²) in [6.45, 7) is 5.26. The molecular weight excluding hydrogens is 474 g/mol. The number of hydrogen-bond acceptors (Lipinski definition) is 6. The predicted molar refractivity (Wildman–Crippen MR) is 137 cm³/mol. The molecule has 7 nitrogen and oxygen atoms in total. The fourth-order valence-electron chi connectivity index (χ4n) is 5.14. The second-order valence-corrected chi connectivity index (χ2v) is 9.51. The van der Waals surface area contributed by atoms with Crippen molar-refractivity contribution in [2.45, 2.75) is 32.0 Å². The molecule has 5 rings (SSSR count). The summed E-state index contributed by atoms with van der Waals surface area (Å²) in [6, 6.07) is 17.8. The number of piperazine rings is 1. The molecule has 4 aromatic rings. The summed E-state index contributed by atoms with van der Waals surface area (Å²) in [5.74, 6) is -0.185. The van der Waals surface area contributed by atoms with Gasteiger partial charge in [-0.2, -0.15) is 10.2 Å². The Hall–Kier alpha value is -4.16. The summed E-state index contributed by atoms with van der Waals surface area (Å²) in [4.78, 5) is 25.9. The van der Waals surface area contributed by atoms with E-state index in [4.69, 9.17) is 0 Å². The topological polar surface area (TPSA) is 78.0 Å². The highest BCUT2D eigenvalue weighted by molar-refractivity contribution is 5.86. The number of hydrogen-bond donors (Lipinski definition) is 0. The Balaban J connectivity index is 1.55. The maximum atomic E-state index is 13.7. The van der Waals surface area contributed by atoms with Gasteiger partial charge in [0.1, 0.15) is 28.9 Å². The van der Waals surface area contributed by atoms with Gasteiger partial charge >= 0.3 is 5.69 Å². The number of anilines is 1. The molecule has 1 aliphatic rings. The number of pyridine rings is 1. The first-order valence-electron chi connectivity index (χ1n) is 12.1. The molecule has 1 aliphatic heterocycles. The first-order valence-corrected chi connectivity index (χ1v) is 12.1. The SMILES string of the molecule is C[C@@H]1CN(c2nc(=O)n(C)c3ccc(C#N)nc23)[C@@H](C)CN1C(c1ccc(F)cc1)c1ccc(F)cc1. The molecule has 1 fully saturated rings. The Morgan fingerprint density at radius 3 is 2.05 bits per heavy atom. The Kier molecular flexibility index (Phi) is 6.44. The minimum Gasteiger partial charge on any atom is -0.349 e. The lowest BCUT2D eigenvalue weighted by Crippen LogP contribution is -2.58. The van der Waals surface area contributed by atoms with Crippen LogP contribution in [0, 0.1) is 23.0 Å². The van der Waals surface area contributed by atoms with Gasteiger partial charge in [-0.15, -0.1) is 0 Å². The summed E-state index contributed by atoms with van der Waals surface area (Å²) in [6.07, 6.45) is 0. The van der Waals surface area contributed by atoms with Crippen molar-refractivity contribution in [3.63, 3.8) is 0 Å². The van der Waals surface area contributed by atoms with Crippen molar-refractivity contribution < 1.29 is 8.78 Å². The van der Waals surface area contributed by atoms with Gasteiger partial charge in [0.25, 0.3) is 0 Å². The van der Waals surface area contributed by atoms with Crippen LogP contribution in [0.1, 0.15) is 36.7 Å². The number of rotatable bonds is 4. The number of fused-ring (bicyclic) bond motifs is 1. The Morgan fingerprint density at radius 2 is 1.49 bits per heavy atom. The van der Waals surface area contributed by atoms with Crippen LogP contribution in [0.25, 0.3) is 11.0 Å². The third-order valence-corrected chi connectivity index (χ3v) is 7.06. The van der Waals surface area contributed by atoms with Gasteiger partial charge in [0.05, 0.1) is 11.6 Å². The minimum absolute atomic E-state index is 0.0173. The van der Waals surface area contributed by atoms with E-state index in [2.05, 4.69) is 32.8 Å². The van der Waals surface area contributed by atoms with E-state index in [-0.39, 0.29) is 35.5 Å². The molecule has 0 N–H and O–H groups in total. The predicted octanol–water partition coefficient (Wildman–Crippen LogP) is 4.17. The van der Waals surface area contributed by atoms with Gasteiger partial charge in [-0.3, -0.25) is 9.47 Å². The zero-order chi connectivity index (χ0) is 26.3. The summed E-state index contributed by atoms with van der Waals surface area (Å²) < 4.78 is 28.9. The van der Waals surface area contributed by atoms with Crippen LogP contribution in [-0.2, 0) is 7.05 Å². The van der Waals surface area contributed by atoms with Crippen LogP contribution >= 0.6 is 0 Å². The quantitative estimate of drug-likeness (QED) is 0.419. The Labute approximate surface area is 213 Å². The average Bonchev–Trinajstić information content (AvgIpc) is 2.90. The number of nitrogens with zero attached hydrogens (tertiary/aromatic N) is 6. The molecule has 0 saturated carbocycles. The molecule has 37 heavy (non-hydrogen) atoms. The molecule has 2 atom stereocenters. The van der Waals surface area contributed by atoms with Crippen LogP contribution in [0.3, 0.4) is 0 Å². The van der Waals surface area contributed by atoms with Gasteiger partial charge in [0.15, 0.2) is 5.82 Å². The Morgan fingerprint density at radius 1 is 0.892 bits per heavy atom. The van der Waals surface area contributed by atoms with Crippen molar-refractivity contribution in [2.24, 2.45) is 7.05 Å². The van der Waals surface area contributed by atoms with Gasteiger partial charge in [0, 0.05) is 32.2 Å². The third-order valence-electron chi connectivity index (χ3n) is 7.06. The van der Waals surface area contributed by atoms with Gasteiger partial charge in [-0.25, -0.2) is 18.6 Å². The van der Waals surface area contributed by atoms with Crippen molar-refractivity contribution in [2.75, 3.05) is 18.0 Å². The summed E-state index contributed by atoms with van der Waals surface area (Å²) in [5.41, 5.74) is 2.76. The second-order valence-electron chi connectivity index (χ2n) is 9.51. The number of aromatic nitrogens is 3. The lowest BCUT2D eigenvalue weighted by atomic mass is 9.93. The summed E-state index contributed by atoms with van der Waals surface area (Å²) in [7, 11) is 1.63. The highest BCUT2D eigenvalue weighted by atomic mass is 19.1. The molecule has 9 heteroatoms. The number of halogens is 2.